The number of nitrogens with zero attached hydrogens (tertiary/aromatic N) is 2. The smallest absolute Gasteiger partial charge is 0.265 e. The van der Waals surface area contributed by atoms with Gasteiger partial charge >= 0.3 is 0 Å². The summed E-state index contributed by atoms with van der Waals surface area (Å²) in [6.07, 6.45) is -1.68. The van der Waals surface area contributed by atoms with E-state index in [1.165, 1.54) is 0 Å². The van der Waals surface area contributed by atoms with Crippen LogP contribution in [0.4, 0.5) is 8.78 Å². The van der Waals surface area contributed by atoms with E-state index in [0.29, 0.717) is 0 Å². The highest BCUT2D eigenvalue weighted by Gasteiger charge is 2.18. The lowest BCUT2D eigenvalue weighted by atomic mass is 10.0. The maximum Gasteiger partial charge on any atom is 0.265 e. The number of hydrogen-bond donors (Lipinski definition) is 1. The van der Waals surface area contributed by atoms with Crippen LogP contribution in [-0.2, 0) is 11.9 Å². The lowest BCUT2D eigenvalue weighted by Gasteiger charge is -2.10. The number of nitriles is 1. The molecule has 0 amide bonds. The third-order valence-corrected chi connectivity index (χ3v) is 2.49. The Morgan fingerprint density at radius 3 is 2.67 bits per heavy atom. The molecule has 0 aromatic carbocycles. The number of halogens is 3. The van der Waals surface area contributed by atoms with E-state index in [0.717, 1.165) is 6.20 Å². The molecule has 80 valence electrons. The van der Waals surface area contributed by atoms with Crippen LogP contribution in [0, 0.1) is 11.3 Å². The van der Waals surface area contributed by atoms with Gasteiger partial charge in [0.1, 0.15) is 6.07 Å². The summed E-state index contributed by atoms with van der Waals surface area (Å²) in [5, 5.41) is 17.8. The number of alkyl halides is 3. The van der Waals surface area contributed by atoms with Crippen molar-refractivity contribution in [3.63, 3.8) is 0 Å². The van der Waals surface area contributed by atoms with Gasteiger partial charge in [-0.3, -0.25) is 4.98 Å². The summed E-state index contributed by atoms with van der Waals surface area (Å²) < 4.78 is 25.1. The fraction of sp³-hybridized carbons (Fsp3) is 0.333. The molecule has 0 spiro atoms. The minimum Gasteiger partial charge on any atom is -0.390 e. The first-order chi connectivity index (χ1) is 7.15. The maximum atomic E-state index is 12.5. The van der Waals surface area contributed by atoms with Gasteiger partial charge in [0.25, 0.3) is 6.43 Å². The summed E-state index contributed by atoms with van der Waals surface area (Å²) in [5.74, 6) is 0. The Kier molecular flexibility index (Phi) is 4.12. The predicted molar refractivity (Wildman–Crippen MR) is 52.5 cm³/mol. The monoisotopic (exact) mass is 276 g/mol. The molecule has 6 heteroatoms. The van der Waals surface area contributed by atoms with Crippen molar-refractivity contribution in [1.29, 1.82) is 5.26 Å². The number of rotatable bonds is 3. The molecule has 0 saturated carbocycles. The van der Waals surface area contributed by atoms with E-state index in [1.54, 1.807) is 6.07 Å². The van der Waals surface area contributed by atoms with E-state index in [4.69, 9.17) is 10.4 Å². The molecule has 1 aromatic rings. The molecule has 0 aliphatic heterocycles. The molecule has 0 unspecified atom stereocenters. The van der Waals surface area contributed by atoms with E-state index in [2.05, 4.69) is 20.9 Å². The highest BCUT2D eigenvalue weighted by molar-refractivity contribution is 9.08. The van der Waals surface area contributed by atoms with Gasteiger partial charge in [0, 0.05) is 17.1 Å². The van der Waals surface area contributed by atoms with E-state index in [-0.39, 0.29) is 27.7 Å². The zero-order valence-corrected chi connectivity index (χ0v) is 9.13. The molecule has 1 rings (SSSR count). The van der Waals surface area contributed by atoms with Gasteiger partial charge in [-0.1, -0.05) is 15.9 Å². The summed E-state index contributed by atoms with van der Waals surface area (Å²) in [5.41, 5.74) is 0.0516. The van der Waals surface area contributed by atoms with Crippen molar-refractivity contribution in [3.05, 3.63) is 28.6 Å². The van der Waals surface area contributed by atoms with E-state index in [1.807, 2.05) is 0 Å². The molecule has 0 aliphatic rings. The molecule has 15 heavy (non-hydrogen) atoms. The number of aliphatic hydroxyl groups is 1. The zero-order chi connectivity index (χ0) is 11.4. The second-order valence-electron chi connectivity index (χ2n) is 2.72. The first-order valence-corrected chi connectivity index (χ1v) is 5.13. The van der Waals surface area contributed by atoms with E-state index in [9.17, 15) is 8.78 Å². The molecular formula is C9H7BrF2N2O. The van der Waals surface area contributed by atoms with Crippen molar-refractivity contribution in [2.45, 2.75) is 18.4 Å². The fourth-order valence-corrected chi connectivity index (χ4v) is 1.80. The predicted octanol–water partition coefficient (Wildman–Crippen LogP) is 2.28. The van der Waals surface area contributed by atoms with Gasteiger partial charge < -0.3 is 5.11 Å². The Labute approximate surface area is 93.5 Å². The molecule has 1 aromatic heterocycles. The molecule has 0 aliphatic carbocycles. The number of aromatic nitrogens is 1. The second-order valence-corrected chi connectivity index (χ2v) is 3.28. The average molecular weight is 277 g/mol. The Balaban J connectivity index is 3.43. The number of pyridine rings is 1. The van der Waals surface area contributed by atoms with Crippen LogP contribution in [0.5, 0.6) is 0 Å². The van der Waals surface area contributed by atoms with Gasteiger partial charge in [-0.25, -0.2) is 8.78 Å². The van der Waals surface area contributed by atoms with Crippen LogP contribution in [-0.4, -0.2) is 10.1 Å². The van der Waals surface area contributed by atoms with Gasteiger partial charge in [0.15, 0.2) is 0 Å². The summed E-state index contributed by atoms with van der Waals surface area (Å²) >= 11 is 3.04. The van der Waals surface area contributed by atoms with Gasteiger partial charge in [0.2, 0.25) is 0 Å². The summed E-state index contributed by atoms with van der Waals surface area (Å²) in [6, 6.07) is 1.78. The number of aliphatic hydroxyl groups excluding tert-OH is 1. The molecule has 0 fully saturated rings. The molecule has 0 radical (unpaired) electrons. The van der Waals surface area contributed by atoms with Crippen molar-refractivity contribution < 1.29 is 13.9 Å². The Hall–Kier alpha value is -1.06. The highest BCUT2D eigenvalue weighted by atomic mass is 79.9. The van der Waals surface area contributed by atoms with Crippen molar-refractivity contribution in [3.8, 4) is 6.07 Å². The normalized spacial score (nSPS) is 10.4. The topological polar surface area (TPSA) is 56.9 Å². The maximum absolute atomic E-state index is 12.5. The Morgan fingerprint density at radius 1 is 1.60 bits per heavy atom. The largest absolute Gasteiger partial charge is 0.390 e. The summed E-state index contributed by atoms with van der Waals surface area (Å²) in [6.45, 7) is -0.438. The Morgan fingerprint density at radius 2 is 2.27 bits per heavy atom. The molecule has 0 saturated heterocycles. The van der Waals surface area contributed by atoms with Crippen molar-refractivity contribution in [2.75, 3.05) is 0 Å². The zero-order valence-electron chi connectivity index (χ0n) is 7.54. The van der Waals surface area contributed by atoms with Crippen molar-refractivity contribution in [2.24, 2.45) is 0 Å². The first-order valence-electron chi connectivity index (χ1n) is 4.01. The minimum absolute atomic E-state index is 0.0205. The van der Waals surface area contributed by atoms with Gasteiger partial charge in [0.05, 0.1) is 17.9 Å². The molecule has 1 N–H and O–H groups in total. The van der Waals surface area contributed by atoms with E-state index >= 15 is 0 Å². The standard InChI is InChI=1S/C9H7BrF2N2O/c10-1-5-6(2-13)8(4-15)14-3-7(5)9(11)12/h3,9,15H,1,4H2. The van der Waals surface area contributed by atoms with Crippen LogP contribution >= 0.6 is 15.9 Å². The molecular weight excluding hydrogens is 270 g/mol. The molecule has 1 heterocycles. The SMILES string of the molecule is N#Cc1c(CO)ncc(C(F)F)c1CBr. The molecule has 0 bridgehead atoms. The minimum atomic E-state index is -2.68. The second kappa shape index (κ2) is 5.14. The van der Waals surface area contributed by atoms with Crippen molar-refractivity contribution in [1.82, 2.24) is 4.98 Å². The van der Waals surface area contributed by atoms with Crippen LogP contribution in [0.15, 0.2) is 6.20 Å². The lowest BCUT2D eigenvalue weighted by molar-refractivity contribution is 0.150. The van der Waals surface area contributed by atoms with Crippen LogP contribution in [0.3, 0.4) is 0 Å². The quantitative estimate of drug-likeness (QED) is 0.862. The van der Waals surface area contributed by atoms with Crippen LogP contribution in [0.25, 0.3) is 0 Å². The van der Waals surface area contributed by atoms with Crippen LogP contribution in [0.1, 0.15) is 28.8 Å². The third kappa shape index (κ3) is 2.30. The number of hydrogen-bond acceptors (Lipinski definition) is 3. The van der Waals surface area contributed by atoms with Gasteiger partial charge in [-0.15, -0.1) is 0 Å². The van der Waals surface area contributed by atoms with Crippen LogP contribution in [0.2, 0.25) is 0 Å². The lowest BCUT2D eigenvalue weighted by Crippen LogP contribution is -2.04. The van der Waals surface area contributed by atoms with E-state index < -0.39 is 13.0 Å². The Bertz CT molecular complexity index is 404. The average Bonchev–Trinajstić information content (AvgIpc) is 2.26. The third-order valence-electron chi connectivity index (χ3n) is 1.93. The van der Waals surface area contributed by atoms with Crippen molar-refractivity contribution >= 4 is 15.9 Å². The summed E-state index contributed by atoms with van der Waals surface area (Å²) in [7, 11) is 0. The fourth-order valence-electron chi connectivity index (χ4n) is 1.19. The van der Waals surface area contributed by atoms with Crippen LogP contribution < -0.4 is 0 Å². The first kappa shape index (κ1) is 12.0. The molecule has 3 nitrogen and oxygen atoms in total. The van der Waals surface area contributed by atoms with Gasteiger partial charge in [-0.05, 0) is 5.56 Å². The molecule has 0 atom stereocenters. The summed E-state index contributed by atoms with van der Waals surface area (Å²) in [4.78, 5) is 3.62. The van der Waals surface area contributed by atoms with Gasteiger partial charge in [-0.2, -0.15) is 5.26 Å². The highest BCUT2D eigenvalue weighted by Crippen LogP contribution is 2.27.